The summed E-state index contributed by atoms with van der Waals surface area (Å²) in [4.78, 5) is 57.8. The quantitative estimate of drug-likeness (QED) is 0.0738. The van der Waals surface area contributed by atoms with E-state index in [-0.39, 0.29) is 40.3 Å². The van der Waals surface area contributed by atoms with Crippen molar-refractivity contribution < 1.29 is 29.5 Å². The van der Waals surface area contributed by atoms with Crippen LogP contribution in [0.4, 0.5) is 5.13 Å². The van der Waals surface area contributed by atoms with Crippen LogP contribution < -0.4 is 22.1 Å². The number of nitrogens with one attached hydrogen (secondary N) is 2. The number of aromatic nitrogens is 1. The van der Waals surface area contributed by atoms with Crippen molar-refractivity contribution in [2.75, 3.05) is 31.1 Å². The van der Waals surface area contributed by atoms with Crippen LogP contribution >= 0.6 is 23.1 Å². The van der Waals surface area contributed by atoms with E-state index in [9.17, 15) is 29.5 Å². The summed E-state index contributed by atoms with van der Waals surface area (Å²) in [6, 6.07) is -0.828. The predicted octanol–water partition coefficient (Wildman–Crippen LogP) is -1.51. The molecule has 0 bridgehead atoms. The number of nitrogen functional groups attached to an aromatic ring is 1. The molecule has 8 N–H and O–H groups in total. The van der Waals surface area contributed by atoms with E-state index in [0.29, 0.717) is 37.2 Å². The number of hydrogen-bond acceptors (Lipinski definition) is 12. The fourth-order valence-corrected chi connectivity index (χ4v) is 6.97. The highest BCUT2D eigenvalue weighted by atomic mass is 32.2. The lowest BCUT2D eigenvalue weighted by molar-refractivity contribution is -0.150. The molecule has 0 saturated carbocycles. The highest BCUT2D eigenvalue weighted by Crippen LogP contribution is 2.41. The van der Waals surface area contributed by atoms with Crippen LogP contribution in [-0.4, -0.2) is 103 Å². The van der Waals surface area contributed by atoms with E-state index in [4.69, 9.17) is 11.5 Å². The summed E-state index contributed by atoms with van der Waals surface area (Å²) in [5.74, 6) is -2.69. The number of hydrogen-bond donors (Lipinski definition) is 6. The van der Waals surface area contributed by atoms with Crippen LogP contribution in [0.2, 0.25) is 0 Å². The third-order valence-corrected chi connectivity index (χ3v) is 8.97. The molecular weight excluding hydrogens is 536 g/mol. The predicted molar refractivity (Wildman–Crippen MR) is 138 cm³/mol. The molecule has 1 aromatic heterocycles. The van der Waals surface area contributed by atoms with E-state index in [1.54, 1.807) is 11.0 Å². The van der Waals surface area contributed by atoms with Crippen molar-refractivity contribution in [2.45, 2.75) is 36.3 Å². The summed E-state index contributed by atoms with van der Waals surface area (Å²) < 4.78 is 0. The number of likely N-dealkylation sites (tertiary alicyclic amines) is 1. The van der Waals surface area contributed by atoms with Crippen LogP contribution in [-0.2, 0) is 19.2 Å². The number of β-lactam (4-membered cyclic amide) rings is 1. The topological polar surface area (TPSA) is 217 Å². The number of thioether (sulfide) groups is 1. The monoisotopic (exact) mass is 562 g/mol. The van der Waals surface area contributed by atoms with E-state index in [0.717, 1.165) is 22.7 Å². The van der Waals surface area contributed by atoms with Crippen molar-refractivity contribution in [1.82, 2.24) is 25.4 Å². The van der Waals surface area contributed by atoms with Gasteiger partial charge in [0.2, 0.25) is 5.91 Å². The van der Waals surface area contributed by atoms with E-state index >= 15 is 0 Å². The number of carbonyl (C=O) groups excluding carboxylic acids is 3. The highest BCUT2D eigenvalue weighted by molar-refractivity contribution is 8.00. The number of fused-ring (bicyclic) bond motifs is 1. The normalized spacial score (nSPS) is 28.7. The number of aliphatic carboxylic acids is 1. The molecular formula is C22H26N8O6S2. The second-order valence-electron chi connectivity index (χ2n) is 9.21. The third-order valence-electron chi connectivity index (χ3n) is 7.00. The number of carboxylic acids is 1. The third kappa shape index (κ3) is 4.53. The van der Waals surface area contributed by atoms with Gasteiger partial charge >= 0.3 is 5.97 Å². The van der Waals surface area contributed by atoms with Crippen LogP contribution in [0.15, 0.2) is 33.5 Å². The molecule has 5 heterocycles. The molecule has 0 aromatic carbocycles. The highest BCUT2D eigenvalue weighted by Gasteiger charge is 2.54. The van der Waals surface area contributed by atoms with Gasteiger partial charge in [-0.3, -0.25) is 19.3 Å². The van der Waals surface area contributed by atoms with Crippen molar-refractivity contribution in [3.05, 3.63) is 34.0 Å². The molecule has 4 aliphatic heterocycles. The molecule has 3 saturated heterocycles. The Hall–Kier alpha value is -3.47. The fraction of sp³-hybridized carbons (Fsp3) is 0.455. The first-order valence-corrected chi connectivity index (χ1v) is 13.8. The van der Waals surface area contributed by atoms with Crippen LogP contribution in [0.3, 0.4) is 0 Å². The lowest BCUT2D eigenvalue weighted by atomic mass is 10.0. The van der Waals surface area contributed by atoms with Crippen LogP contribution in [0, 0.1) is 0 Å². The molecule has 4 aliphatic rings. The molecule has 14 nitrogen and oxygen atoms in total. The van der Waals surface area contributed by atoms with Gasteiger partial charge in [-0.15, -0.1) is 23.1 Å². The molecule has 4 atom stereocenters. The maximum Gasteiger partial charge on any atom is 0.352 e. The Bertz CT molecular complexity index is 1290. The van der Waals surface area contributed by atoms with Crippen molar-refractivity contribution in [2.24, 2.45) is 10.9 Å². The lowest BCUT2D eigenvalue weighted by Gasteiger charge is -2.49. The van der Waals surface area contributed by atoms with E-state index in [2.05, 4.69) is 20.8 Å². The van der Waals surface area contributed by atoms with E-state index < -0.39 is 34.9 Å². The van der Waals surface area contributed by atoms with Crippen LogP contribution in [0.5, 0.6) is 0 Å². The minimum absolute atomic E-state index is 0.0365. The molecule has 16 heteroatoms. The van der Waals surface area contributed by atoms with Crippen LogP contribution in [0.25, 0.3) is 0 Å². The largest absolute Gasteiger partial charge is 0.477 e. The van der Waals surface area contributed by atoms with Gasteiger partial charge < -0.3 is 37.3 Å². The lowest BCUT2D eigenvalue weighted by Crippen LogP contribution is -2.71. The first-order chi connectivity index (χ1) is 18.2. The summed E-state index contributed by atoms with van der Waals surface area (Å²) in [5.41, 5.74) is 11.6. The molecule has 0 aliphatic carbocycles. The number of nitrogens with zero attached hydrogens (tertiary/aromatic N) is 4. The Kier molecular flexibility index (Phi) is 7.13. The molecule has 2 unspecified atom stereocenters. The summed E-state index contributed by atoms with van der Waals surface area (Å²) in [6.07, 6.45) is 2.83. The Labute approximate surface area is 224 Å². The van der Waals surface area contributed by atoms with Gasteiger partial charge in [0.25, 0.3) is 11.8 Å². The van der Waals surface area contributed by atoms with Gasteiger partial charge in [-0.05, 0) is 24.5 Å². The zero-order chi connectivity index (χ0) is 27.1. The SMILES string of the molecule is NCC1CC(N2CC/C(=C\C3=C(C(=O)O)N4C(=O)[C@@H](NC(=O)/C(=N\O)c5csc(N)n5)[C@H]4SC3)C2=O)CN1. The number of amides is 3. The molecule has 0 radical (unpaired) electrons. The van der Waals surface area contributed by atoms with Crippen molar-refractivity contribution >= 4 is 57.6 Å². The number of rotatable bonds is 7. The number of carbonyl (C=O) groups is 4. The van der Waals surface area contributed by atoms with Crippen molar-refractivity contribution in [3.63, 3.8) is 0 Å². The molecule has 0 spiro atoms. The van der Waals surface area contributed by atoms with Gasteiger partial charge in [0.15, 0.2) is 10.8 Å². The smallest absolute Gasteiger partial charge is 0.352 e. The van der Waals surface area contributed by atoms with Gasteiger partial charge in [-0.1, -0.05) is 5.16 Å². The maximum absolute atomic E-state index is 13.1. The first-order valence-electron chi connectivity index (χ1n) is 11.8. The molecule has 38 heavy (non-hydrogen) atoms. The summed E-state index contributed by atoms with van der Waals surface area (Å²) in [5, 5.41) is 29.0. The second kappa shape index (κ2) is 10.4. The molecule has 1 aromatic rings. The average Bonchev–Trinajstić information content (AvgIpc) is 3.63. The van der Waals surface area contributed by atoms with Gasteiger partial charge in [0.1, 0.15) is 22.8 Å². The number of nitrogens with two attached hydrogens (primary N) is 2. The zero-order valence-corrected chi connectivity index (χ0v) is 21.6. The number of oxime groups is 1. The average molecular weight is 563 g/mol. The Balaban J connectivity index is 1.31. The van der Waals surface area contributed by atoms with Gasteiger partial charge in [0, 0.05) is 48.4 Å². The van der Waals surface area contributed by atoms with Crippen molar-refractivity contribution in [1.29, 1.82) is 0 Å². The Morgan fingerprint density at radius 1 is 1.37 bits per heavy atom. The number of carboxylic acid groups (broad SMARTS) is 1. The fourth-order valence-electron chi connectivity index (χ4n) is 5.11. The van der Waals surface area contributed by atoms with E-state index in [1.165, 1.54) is 17.1 Å². The summed E-state index contributed by atoms with van der Waals surface area (Å²) >= 11 is 2.32. The zero-order valence-electron chi connectivity index (χ0n) is 20.0. The van der Waals surface area contributed by atoms with Gasteiger partial charge in [-0.2, -0.15) is 0 Å². The van der Waals surface area contributed by atoms with Crippen LogP contribution in [0.1, 0.15) is 18.5 Å². The Morgan fingerprint density at radius 3 is 2.79 bits per heavy atom. The standard InChI is InChI=1S/C22H26N8O6S2/c23-5-11-4-12(6-25-11)29-2-1-9(18(29)32)3-10-7-37-20-15(19(33)30(20)16(10)21(34)35)27-17(31)14(28-36)13-8-38-22(24)26-13/h3,8,11-12,15,20,25,36H,1-2,4-7,23H2,(H2,24,26)(H,27,31)(H,34,35)/b9-3+,28-14-/t11?,12?,15-,20-/m1/s1. The summed E-state index contributed by atoms with van der Waals surface area (Å²) in [7, 11) is 0. The summed E-state index contributed by atoms with van der Waals surface area (Å²) in [6.45, 7) is 1.69. The minimum Gasteiger partial charge on any atom is -0.477 e. The van der Waals surface area contributed by atoms with Gasteiger partial charge in [0.05, 0.1) is 0 Å². The molecule has 5 rings (SSSR count). The Morgan fingerprint density at radius 2 is 2.16 bits per heavy atom. The number of allylic oxidation sites excluding steroid dienone is 1. The number of thiazole rings is 1. The van der Waals surface area contributed by atoms with Crippen molar-refractivity contribution in [3.8, 4) is 0 Å². The van der Waals surface area contributed by atoms with Gasteiger partial charge in [-0.25, -0.2) is 9.78 Å². The minimum atomic E-state index is -1.30. The molecule has 3 fully saturated rings. The van der Waals surface area contributed by atoms with E-state index in [1.807, 2.05) is 0 Å². The first kappa shape index (κ1) is 26.1. The molecule has 3 amide bonds. The molecule has 202 valence electrons. The maximum atomic E-state index is 13.1. The number of anilines is 1. The second-order valence-corrected chi connectivity index (χ2v) is 11.2.